The van der Waals surface area contributed by atoms with Crippen LogP contribution in [0.1, 0.15) is 46.6 Å². The lowest BCUT2D eigenvalue weighted by atomic mass is 10.1. The number of thioether (sulfide) groups is 1. The van der Waals surface area contributed by atoms with Gasteiger partial charge in [-0.3, -0.25) is 9.59 Å². The molecule has 0 saturated carbocycles. The second kappa shape index (κ2) is 8.90. The van der Waals surface area contributed by atoms with Crippen LogP contribution in [0.2, 0.25) is 0 Å². The van der Waals surface area contributed by atoms with Gasteiger partial charge in [0.1, 0.15) is 5.37 Å². The highest BCUT2D eigenvalue weighted by molar-refractivity contribution is 8.00. The highest BCUT2D eigenvalue weighted by atomic mass is 32.2. The summed E-state index contributed by atoms with van der Waals surface area (Å²) in [5, 5.41) is 2.93. The summed E-state index contributed by atoms with van der Waals surface area (Å²) in [6.07, 6.45) is 2.04. The molecule has 0 spiro atoms. The molecule has 1 aliphatic rings. The van der Waals surface area contributed by atoms with Crippen molar-refractivity contribution in [3.05, 3.63) is 71.3 Å². The van der Waals surface area contributed by atoms with Gasteiger partial charge in [0.05, 0.1) is 5.75 Å². The van der Waals surface area contributed by atoms with Crippen molar-refractivity contribution < 1.29 is 9.59 Å². The molecule has 136 valence electrons. The zero-order chi connectivity index (χ0) is 18.4. The minimum atomic E-state index is -0.0405. The van der Waals surface area contributed by atoms with Crippen molar-refractivity contribution in [3.8, 4) is 0 Å². The average molecular weight is 369 g/mol. The Morgan fingerprint density at radius 1 is 1.15 bits per heavy atom. The van der Waals surface area contributed by atoms with E-state index in [9.17, 15) is 9.59 Å². The minimum Gasteiger partial charge on any atom is -0.352 e. The lowest BCUT2D eigenvalue weighted by Gasteiger charge is -2.24. The number of nitrogens with zero attached hydrogens (tertiary/aromatic N) is 1. The fraction of sp³-hybridized carbons (Fsp3) is 0.333. The SMILES string of the molecule is CCCCNC(=O)c1ccc([C@H]2SCC(=O)N2Cc2ccccc2)cc1. The third-order valence-corrected chi connectivity index (χ3v) is 5.69. The first kappa shape index (κ1) is 18.5. The second-order valence-electron chi connectivity index (χ2n) is 6.40. The Hall–Kier alpha value is -2.27. The van der Waals surface area contributed by atoms with E-state index in [0.717, 1.165) is 24.0 Å². The van der Waals surface area contributed by atoms with E-state index < -0.39 is 0 Å². The predicted molar refractivity (Wildman–Crippen MR) is 106 cm³/mol. The topological polar surface area (TPSA) is 49.4 Å². The number of hydrogen-bond donors (Lipinski definition) is 1. The first-order valence-corrected chi connectivity index (χ1v) is 10.1. The first-order chi connectivity index (χ1) is 12.7. The Kier molecular flexibility index (Phi) is 6.34. The zero-order valence-electron chi connectivity index (χ0n) is 15.0. The summed E-state index contributed by atoms with van der Waals surface area (Å²) >= 11 is 1.64. The second-order valence-corrected chi connectivity index (χ2v) is 7.47. The van der Waals surface area contributed by atoms with E-state index in [0.29, 0.717) is 24.4 Å². The van der Waals surface area contributed by atoms with Gasteiger partial charge in [-0.15, -0.1) is 11.8 Å². The molecule has 0 unspecified atom stereocenters. The molecule has 5 heteroatoms. The Balaban J connectivity index is 1.69. The van der Waals surface area contributed by atoms with Crippen LogP contribution in [0.3, 0.4) is 0 Å². The van der Waals surface area contributed by atoms with Gasteiger partial charge in [0.25, 0.3) is 5.91 Å². The number of carbonyl (C=O) groups excluding carboxylic acids is 2. The summed E-state index contributed by atoms with van der Waals surface area (Å²) in [6.45, 7) is 3.41. The minimum absolute atomic E-state index is 0.0000845. The first-order valence-electron chi connectivity index (χ1n) is 9.02. The molecule has 0 aliphatic carbocycles. The molecule has 1 atom stereocenters. The summed E-state index contributed by atoms with van der Waals surface area (Å²) in [7, 11) is 0. The van der Waals surface area contributed by atoms with Crippen LogP contribution in [-0.2, 0) is 11.3 Å². The summed E-state index contributed by atoms with van der Waals surface area (Å²) in [5.74, 6) is 0.614. The number of benzene rings is 2. The van der Waals surface area contributed by atoms with Crippen LogP contribution in [0.4, 0.5) is 0 Å². The van der Waals surface area contributed by atoms with Gasteiger partial charge in [-0.25, -0.2) is 0 Å². The van der Waals surface area contributed by atoms with Crippen LogP contribution in [0, 0.1) is 0 Å². The van der Waals surface area contributed by atoms with Gasteiger partial charge in [-0.05, 0) is 29.7 Å². The third kappa shape index (κ3) is 4.47. The van der Waals surface area contributed by atoms with E-state index in [1.54, 1.807) is 11.8 Å². The van der Waals surface area contributed by atoms with Crippen molar-refractivity contribution in [2.24, 2.45) is 0 Å². The van der Waals surface area contributed by atoms with E-state index in [-0.39, 0.29) is 17.2 Å². The van der Waals surface area contributed by atoms with Crippen molar-refractivity contribution in [1.29, 1.82) is 0 Å². The Bertz CT molecular complexity index is 746. The molecule has 4 nitrogen and oxygen atoms in total. The van der Waals surface area contributed by atoms with Crippen LogP contribution in [0.15, 0.2) is 54.6 Å². The van der Waals surface area contributed by atoms with Crippen LogP contribution >= 0.6 is 11.8 Å². The van der Waals surface area contributed by atoms with Crippen molar-refractivity contribution in [3.63, 3.8) is 0 Å². The largest absolute Gasteiger partial charge is 0.352 e. The maximum Gasteiger partial charge on any atom is 0.251 e. The van der Waals surface area contributed by atoms with E-state index in [2.05, 4.69) is 12.2 Å². The van der Waals surface area contributed by atoms with Gasteiger partial charge in [0.15, 0.2) is 0 Å². The molecule has 0 bridgehead atoms. The Morgan fingerprint density at radius 3 is 2.58 bits per heavy atom. The highest BCUT2D eigenvalue weighted by Crippen LogP contribution is 2.39. The number of nitrogens with one attached hydrogen (secondary N) is 1. The average Bonchev–Trinajstić information content (AvgIpc) is 3.03. The summed E-state index contributed by atoms with van der Waals surface area (Å²) < 4.78 is 0. The molecule has 1 aliphatic heterocycles. The standard InChI is InChI=1S/C21H24N2O2S/c1-2-3-13-22-20(25)17-9-11-18(12-10-17)21-23(19(24)15-26-21)14-16-7-5-4-6-8-16/h4-12,21H,2-3,13-15H2,1H3,(H,22,25)/t21-/m1/s1. The number of amides is 2. The molecular weight excluding hydrogens is 344 g/mol. The van der Waals surface area contributed by atoms with Crippen molar-refractivity contribution in [2.75, 3.05) is 12.3 Å². The summed E-state index contributed by atoms with van der Waals surface area (Å²) in [5.41, 5.74) is 2.84. The van der Waals surface area contributed by atoms with E-state index in [1.165, 1.54) is 0 Å². The van der Waals surface area contributed by atoms with Gasteiger partial charge in [-0.2, -0.15) is 0 Å². The normalized spacial score (nSPS) is 16.7. The third-order valence-electron chi connectivity index (χ3n) is 4.44. The molecule has 1 fully saturated rings. The molecule has 2 amide bonds. The van der Waals surface area contributed by atoms with E-state index in [1.807, 2.05) is 59.5 Å². The molecule has 0 radical (unpaired) electrons. The molecule has 2 aromatic rings. The fourth-order valence-corrected chi connectivity index (χ4v) is 4.15. The van der Waals surface area contributed by atoms with Gasteiger partial charge in [0, 0.05) is 18.7 Å². The molecule has 3 rings (SSSR count). The van der Waals surface area contributed by atoms with Crippen molar-refractivity contribution in [2.45, 2.75) is 31.7 Å². The molecular formula is C21H24N2O2S. The fourth-order valence-electron chi connectivity index (χ4n) is 2.96. The van der Waals surface area contributed by atoms with E-state index >= 15 is 0 Å². The molecule has 1 N–H and O–H groups in total. The number of rotatable bonds is 7. The molecule has 2 aromatic carbocycles. The van der Waals surface area contributed by atoms with Gasteiger partial charge in [0.2, 0.25) is 5.91 Å². The van der Waals surface area contributed by atoms with Crippen LogP contribution in [0.25, 0.3) is 0 Å². The quantitative estimate of drug-likeness (QED) is 0.752. The van der Waals surface area contributed by atoms with Gasteiger partial charge < -0.3 is 10.2 Å². The zero-order valence-corrected chi connectivity index (χ0v) is 15.8. The monoisotopic (exact) mass is 368 g/mol. The maximum atomic E-state index is 12.3. The summed E-state index contributed by atoms with van der Waals surface area (Å²) in [6, 6.07) is 17.7. The lowest BCUT2D eigenvalue weighted by Crippen LogP contribution is -2.28. The lowest BCUT2D eigenvalue weighted by molar-refractivity contribution is -0.128. The summed E-state index contributed by atoms with van der Waals surface area (Å²) in [4.78, 5) is 26.4. The van der Waals surface area contributed by atoms with Gasteiger partial charge >= 0.3 is 0 Å². The predicted octanol–water partition coefficient (Wildman–Crippen LogP) is 3.99. The molecule has 26 heavy (non-hydrogen) atoms. The van der Waals surface area contributed by atoms with Crippen LogP contribution < -0.4 is 5.32 Å². The van der Waals surface area contributed by atoms with Crippen LogP contribution in [-0.4, -0.2) is 29.0 Å². The molecule has 1 saturated heterocycles. The number of unbranched alkanes of at least 4 members (excludes halogenated alkanes) is 1. The molecule has 0 aromatic heterocycles. The highest BCUT2D eigenvalue weighted by Gasteiger charge is 2.32. The Morgan fingerprint density at radius 2 is 1.88 bits per heavy atom. The van der Waals surface area contributed by atoms with Gasteiger partial charge in [-0.1, -0.05) is 55.8 Å². The number of hydrogen-bond acceptors (Lipinski definition) is 3. The maximum absolute atomic E-state index is 12.3. The molecule has 1 heterocycles. The number of carbonyl (C=O) groups is 2. The van der Waals surface area contributed by atoms with Crippen molar-refractivity contribution in [1.82, 2.24) is 10.2 Å². The van der Waals surface area contributed by atoms with E-state index in [4.69, 9.17) is 0 Å². The Labute approximate surface area is 159 Å². The van der Waals surface area contributed by atoms with Crippen LogP contribution in [0.5, 0.6) is 0 Å². The van der Waals surface area contributed by atoms with Crippen molar-refractivity contribution >= 4 is 23.6 Å². The smallest absolute Gasteiger partial charge is 0.251 e.